The smallest absolute Gasteiger partial charge is 0.179 e. The average molecular weight is 397 g/mol. The minimum absolute atomic E-state index is 1.22. The predicted octanol–water partition coefficient (Wildman–Crippen LogP) is 7.14. The van der Waals surface area contributed by atoms with E-state index in [4.69, 9.17) is 0 Å². The van der Waals surface area contributed by atoms with Gasteiger partial charge in [-0.3, -0.25) is 14.7 Å². The van der Waals surface area contributed by atoms with Gasteiger partial charge in [-0.15, -0.1) is 0 Å². The fourth-order valence-electron chi connectivity index (χ4n) is 3.63. The molecule has 0 aromatic carbocycles. The monoisotopic (exact) mass is 396 g/mol. The zero-order valence-corrected chi connectivity index (χ0v) is 20.6. The molecule has 0 aromatic heterocycles. The van der Waals surface area contributed by atoms with E-state index < -0.39 is 0 Å². The first-order chi connectivity index (χ1) is 13.7. The van der Waals surface area contributed by atoms with Crippen molar-refractivity contribution in [1.29, 1.82) is 0 Å². The van der Waals surface area contributed by atoms with E-state index in [0.29, 0.717) is 0 Å². The summed E-state index contributed by atoms with van der Waals surface area (Å²) < 4.78 is 0. The molecule has 0 saturated carbocycles. The quantitative estimate of drug-likeness (QED) is 0.204. The molecule has 0 spiro atoms. The van der Waals surface area contributed by atoms with Crippen molar-refractivity contribution in [3.8, 4) is 0 Å². The third-order valence-corrected chi connectivity index (χ3v) is 5.54. The van der Waals surface area contributed by atoms with Crippen LogP contribution in [0.4, 0.5) is 0 Å². The SMILES string of the molecule is CCCCN(CCCC)[C](N(CCCC)CCCC)N(CCCC)CCCC. The summed E-state index contributed by atoms with van der Waals surface area (Å²) in [5, 5.41) is 0. The molecule has 169 valence electrons. The van der Waals surface area contributed by atoms with Gasteiger partial charge < -0.3 is 0 Å². The van der Waals surface area contributed by atoms with E-state index in [9.17, 15) is 0 Å². The molecule has 0 unspecified atom stereocenters. The van der Waals surface area contributed by atoms with Crippen LogP contribution in [0.1, 0.15) is 119 Å². The van der Waals surface area contributed by atoms with Gasteiger partial charge in [0.25, 0.3) is 0 Å². The summed E-state index contributed by atoms with van der Waals surface area (Å²) in [6, 6.07) is 0. The van der Waals surface area contributed by atoms with Gasteiger partial charge in [0.1, 0.15) is 0 Å². The number of unbranched alkanes of at least 4 members (excludes halogenated alkanes) is 6. The van der Waals surface area contributed by atoms with Crippen LogP contribution in [0.3, 0.4) is 0 Å². The lowest BCUT2D eigenvalue weighted by Gasteiger charge is -2.45. The summed E-state index contributed by atoms with van der Waals surface area (Å²) in [5.74, 6) is 0. The lowest BCUT2D eigenvalue weighted by molar-refractivity contribution is 0.0173. The Morgan fingerprint density at radius 3 is 0.679 bits per heavy atom. The molecular formula is C25H54N3. The van der Waals surface area contributed by atoms with Crippen LogP contribution in [-0.2, 0) is 0 Å². The van der Waals surface area contributed by atoms with E-state index >= 15 is 0 Å². The van der Waals surface area contributed by atoms with Gasteiger partial charge in [0.2, 0.25) is 0 Å². The Morgan fingerprint density at radius 1 is 0.357 bits per heavy atom. The summed E-state index contributed by atoms with van der Waals surface area (Å²) in [6.45, 7) is 21.3. The maximum absolute atomic E-state index is 2.77. The van der Waals surface area contributed by atoms with Crippen molar-refractivity contribution in [3.63, 3.8) is 0 Å². The molecule has 0 N–H and O–H groups in total. The van der Waals surface area contributed by atoms with Crippen LogP contribution in [-0.4, -0.2) is 54.0 Å². The molecule has 0 aliphatic rings. The van der Waals surface area contributed by atoms with Gasteiger partial charge in [-0.1, -0.05) is 80.1 Å². The van der Waals surface area contributed by atoms with Gasteiger partial charge in [-0.25, -0.2) is 0 Å². The van der Waals surface area contributed by atoms with E-state index in [0.717, 1.165) is 0 Å². The van der Waals surface area contributed by atoms with Gasteiger partial charge in [0, 0.05) is 39.3 Å². The summed E-state index contributed by atoms with van der Waals surface area (Å²) in [6.07, 6.45) is 17.1. The van der Waals surface area contributed by atoms with E-state index in [-0.39, 0.29) is 0 Å². The molecule has 3 nitrogen and oxygen atoms in total. The number of nitrogens with zero attached hydrogens (tertiary/aromatic N) is 3. The molecule has 0 heterocycles. The second-order valence-corrected chi connectivity index (χ2v) is 8.38. The molecular weight excluding hydrogens is 342 g/mol. The highest BCUT2D eigenvalue weighted by molar-refractivity contribution is 4.91. The topological polar surface area (TPSA) is 9.72 Å². The Kier molecular flexibility index (Phi) is 20.1. The molecule has 0 amide bonds. The Bertz CT molecular complexity index is 237. The lowest BCUT2D eigenvalue weighted by atomic mass is 10.2. The van der Waals surface area contributed by atoms with Crippen LogP contribution in [0.2, 0.25) is 0 Å². The molecule has 3 heteroatoms. The summed E-state index contributed by atoms with van der Waals surface area (Å²) in [7, 11) is 0. The van der Waals surface area contributed by atoms with Gasteiger partial charge in [-0.05, 0) is 38.5 Å². The fraction of sp³-hybridized carbons (Fsp3) is 0.960. The van der Waals surface area contributed by atoms with E-state index in [1.165, 1.54) is 116 Å². The van der Waals surface area contributed by atoms with Crippen LogP contribution in [0, 0.1) is 6.29 Å². The first-order valence-corrected chi connectivity index (χ1v) is 12.8. The Hall–Kier alpha value is -0.120. The first kappa shape index (κ1) is 27.9. The van der Waals surface area contributed by atoms with Gasteiger partial charge in [-0.2, -0.15) is 0 Å². The first-order valence-electron chi connectivity index (χ1n) is 12.8. The Balaban J connectivity index is 5.67. The van der Waals surface area contributed by atoms with Crippen molar-refractivity contribution >= 4 is 0 Å². The van der Waals surface area contributed by atoms with Crippen molar-refractivity contribution in [1.82, 2.24) is 14.7 Å². The molecule has 28 heavy (non-hydrogen) atoms. The zero-order valence-electron chi connectivity index (χ0n) is 20.6. The molecule has 0 aromatic rings. The normalized spacial score (nSPS) is 12.2. The highest BCUT2D eigenvalue weighted by atomic mass is 15.5. The Labute approximate surface area is 179 Å². The van der Waals surface area contributed by atoms with Gasteiger partial charge >= 0.3 is 0 Å². The minimum Gasteiger partial charge on any atom is -0.269 e. The molecule has 0 bridgehead atoms. The van der Waals surface area contributed by atoms with Crippen LogP contribution in [0.25, 0.3) is 0 Å². The molecule has 0 rings (SSSR count). The lowest BCUT2D eigenvalue weighted by Crippen LogP contribution is -2.53. The van der Waals surface area contributed by atoms with Gasteiger partial charge in [0.05, 0.1) is 0 Å². The summed E-state index contributed by atoms with van der Waals surface area (Å²) in [4.78, 5) is 8.30. The van der Waals surface area contributed by atoms with Crippen LogP contribution >= 0.6 is 0 Å². The minimum atomic E-state index is 1.22. The highest BCUT2D eigenvalue weighted by Crippen LogP contribution is 2.24. The van der Waals surface area contributed by atoms with E-state index in [1.807, 2.05) is 0 Å². The van der Waals surface area contributed by atoms with Crippen molar-refractivity contribution in [3.05, 3.63) is 6.29 Å². The molecule has 0 aliphatic carbocycles. The molecule has 1 radical (unpaired) electrons. The molecule has 0 fully saturated rings. The second-order valence-electron chi connectivity index (χ2n) is 8.38. The zero-order chi connectivity index (χ0) is 21.0. The van der Waals surface area contributed by atoms with Crippen molar-refractivity contribution in [2.75, 3.05) is 39.3 Å². The largest absolute Gasteiger partial charge is 0.269 e. The standard InChI is InChI=1S/C25H54N3/c1-7-13-19-26(20-14-8-2)25(27(21-15-9-3)22-16-10-4)28(23-17-11-5)24-18-12-6/h7-24H2,1-6H3. The number of hydrogen-bond acceptors (Lipinski definition) is 3. The van der Waals surface area contributed by atoms with Crippen molar-refractivity contribution in [2.45, 2.75) is 119 Å². The van der Waals surface area contributed by atoms with Crippen LogP contribution < -0.4 is 0 Å². The second kappa shape index (κ2) is 20.2. The number of rotatable bonds is 21. The fourth-order valence-corrected chi connectivity index (χ4v) is 3.63. The Morgan fingerprint density at radius 2 is 0.536 bits per heavy atom. The predicted molar refractivity (Wildman–Crippen MR) is 127 cm³/mol. The van der Waals surface area contributed by atoms with E-state index in [2.05, 4.69) is 56.2 Å². The highest BCUT2D eigenvalue weighted by Gasteiger charge is 2.31. The van der Waals surface area contributed by atoms with E-state index in [1.54, 1.807) is 6.29 Å². The maximum atomic E-state index is 2.77. The van der Waals surface area contributed by atoms with Crippen molar-refractivity contribution in [2.24, 2.45) is 0 Å². The molecule has 0 atom stereocenters. The third kappa shape index (κ3) is 12.4. The van der Waals surface area contributed by atoms with Crippen LogP contribution in [0.5, 0.6) is 0 Å². The van der Waals surface area contributed by atoms with Gasteiger partial charge in [0.15, 0.2) is 6.29 Å². The maximum Gasteiger partial charge on any atom is 0.179 e. The third-order valence-electron chi connectivity index (χ3n) is 5.54. The average Bonchev–Trinajstić information content (AvgIpc) is 2.72. The molecule has 0 saturated heterocycles. The molecule has 0 aliphatic heterocycles. The summed E-state index contributed by atoms with van der Waals surface area (Å²) in [5.41, 5.74) is 0. The van der Waals surface area contributed by atoms with Crippen LogP contribution in [0.15, 0.2) is 0 Å². The van der Waals surface area contributed by atoms with Crippen molar-refractivity contribution < 1.29 is 0 Å². The number of hydrogen-bond donors (Lipinski definition) is 0. The summed E-state index contributed by atoms with van der Waals surface area (Å²) >= 11 is 0.